The number of hydrogen-bond donors (Lipinski definition) is 0. The summed E-state index contributed by atoms with van der Waals surface area (Å²) in [5.74, 6) is 1.64. The second-order valence-electron chi connectivity index (χ2n) is 8.35. The molecule has 1 aromatic carbocycles. The van der Waals surface area contributed by atoms with Gasteiger partial charge in [0.05, 0.1) is 30.7 Å². The van der Waals surface area contributed by atoms with Gasteiger partial charge < -0.3 is 14.4 Å². The molecule has 3 fully saturated rings. The molecule has 3 unspecified atom stereocenters. The molecule has 0 N–H and O–H groups in total. The molecule has 1 aliphatic carbocycles. The van der Waals surface area contributed by atoms with Gasteiger partial charge in [0.15, 0.2) is 0 Å². The molecule has 2 aliphatic heterocycles. The van der Waals surface area contributed by atoms with Crippen LogP contribution in [0.3, 0.4) is 0 Å². The van der Waals surface area contributed by atoms with Crippen molar-refractivity contribution >= 4 is 21.9 Å². The van der Waals surface area contributed by atoms with E-state index < -0.39 is 27.4 Å². The summed E-state index contributed by atoms with van der Waals surface area (Å²) in [6.07, 6.45) is 7.78. The van der Waals surface area contributed by atoms with E-state index in [1.807, 2.05) is 0 Å². The molecule has 1 saturated carbocycles. The van der Waals surface area contributed by atoms with Crippen LogP contribution in [-0.4, -0.2) is 75.5 Å². The van der Waals surface area contributed by atoms with Crippen molar-refractivity contribution in [3.8, 4) is 12.3 Å². The Bertz CT molecular complexity index is 1050. The van der Waals surface area contributed by atoms with Crippen molar-refractivity contribution in [1.29, 1.82) is 0 Å². The summed E-state index contributed by atoms with van der Waals surface area (Å²) in [7, 11) is -1.17. The molecule has 8 nitrogen and oxygen atoms in total. The molecule has 1 aromatic rings. The Labute approximate surface area is 182 Å². The average Bonchev–Trinajstić information content (AvgIpc) is 3.08. The topological polar surface area (TPSA) is 93.2 Å². The lowest BCUT2D eigenvalue weighted by Crippen LogP contribution is -2.80. The Kier molecular flexibility index (Phi) is 5.58. The van der Waals surface area contributed by atoms with Gasteiger partial charge in [-0.25, -0.2) is 13.2 Å². The Morgan fingerprint density at radius 2 is 2.13 bits per heavy atom. The lowest BCUT2D eigenvalue weighted by molar-refractivity contribution is -0.185. The number of carbonyl (C=O) groups excluding carboxylic acids is 2. The molecular formula is C22H26N2O6S. The number of benzene rings is 1. The number of likely N-dealkylation sites (tertiary alicyclic amines) is 1. The highest BCUT2D eigenvalue weighted by Crippen LogP contribution is 2.62. The van der Waals surface area contributed by atoms with E-state index in [2.05, 4.69) is 5.92 Å². The Morgan fingerprint density at radius 1 is 1.35 bits per heavy atom. The molecule has 31 heavy (non-hydrogen) atoms. The summed E-state index contributed by atoms with van der Waals surface area (Å²) in [5, 5.41) is 0. The van der Waals surface area contributed by atoms with Crippen LogP contribution in [0.25, 0.3) is 0 Å². The summed E-state index contributed by atoms with van der Waals surface area (Å²) in [4.78, 5) is 26.8. The fraction of sp³-hybridized carbons (Fsp3) is 0.545. The number of hydrogen-bond acceptors (Lipinski definition) is 6. The monoisotopic (exact) mass is 446 g/mol. The number of esters is 1. The second kappa shape index (κ2) is 7.93. The predicted octanol–water partition coefficient (Wildman–Crippen LogP) is 1.12. The fourth-order valence-corrected chi connectivity index (χ4v) is 7.75. The van der Waals surface area contributed by atoms with Gasteiger partial charge in [-0.1, -0.05) is 18.4 Å². The predicted molar refractivity (Wildman–Crippen MR) is 111 cm³/mol. The first kappa shape index (κ1) is 21.8. The number of terminal acetylenes is 1. The molecule has 3 aliphatic rings. The van der Waals surface area contributed by atoms with Crippen molar-refractivity contribution in [2.24, 2.45) is 11.3 Å². The van der Waals surface area contributed by atoms with Crippen LogP contribution in [0.15, 0.2) is 29.2 Å². The molecule has 1 amide bonds. The van der Waals surface area contributed by atoms with Crippen LogP contribution in [-0.2, 0) is 24.3 Å². The Balaban J connectivity index is 1.76. The van der Waals surface area contributed by atoms with Crippen molar-refractivity contribution in [3.63, 3.8) is 0 Å². The Morgan fingerprint density at radius 3 is 2.81 bits per heavy atom. The molecule has 0 radical (unpaired) electrons. The zero-order valence-electron chi connectivity index (χ0n) is 17.6. The molecule has 0 bridgehead atoms. The number of rotatable bonds is 6. The largest absolute Gasteiger partial charge is 0.465 e. The standard InChI is InChI=1S/C22H26N2O6S/c1-4-11-23-13-16(14-29-2)22-10-6-9-18(22)24(19(22)20(23)25)31(27,28)17-8-5-7-15(12-17)21(26)30-3/h1,5,7-8,12,16,18-19H,6,9-11,13-14H2,2-3H3/t16-,18?,19?,22?/m1/s1. The van der Waals surface area contributed by atoms with E-state index in [0.717, 1.165) is 12.8 Å². The summed E-state index contributed by atoms with van der Waals surface area (Å²) in [6.45, 7) is 1.03. The minimum atomic E-state index is -4.02. The highest BCUT2D eigenvalue weighted by Gasteiger charge is 2.73. The van der Waals surface area contributed by atoms with Gasteiger partial charge in [0, 0.05) is 31.0 Å². The van der Waals surface area contributed by atoms with Crippen molar-refractivity contribution in [1.82, 2.24) is 9.21 Å². The zero-order valence-corrected chi connectivity index (χ0v) is 18.4. The van der Waals surface area contributed by atoms with Crippen LogP contribution in [0.2, 0.25) is 0 Å². The number of ether oxygens (including phenoxy) is 2. The zero-order chi connectivity index (χ0) is 22.4. The molecule has 2 saturated heterocycles. The SMILES string of the molecule is C#CCN1C[C@H](COC)C23CCCC2N(S(=O)(=O)c2cccc(C(=O)OC)c2)C3C1=O. The van der Waals surface area contributed by atoms with Gasteiger partial charge in [-0.2, -0.15) is 4.31 Å². The maximum atomic E-state index is 13.7. The van der Waals surface area contributed by atoms with Gasteiger partial charge in [0.2, 0.25) is 15.9 Å². The van der Waals surface area contributed by atoms with Crippen LogP contribution >= 0.6 is 0 Å². The molecule has 2 heterocycles. The van der Waals surface area contributed by atoms with E-state index in [0.29, 0.717) is 19.6 Å². The smallest absolute Gasteiger partial charge is 0.337 e. The van der Waals surface area contributed by atoms with Gasteiger partial charge in [-0.3, -0.25) is 4.79 Å². The number of piperidine rings is 1. The van der Waals surface area contributed by atoms with Crippen molar-refractivity contribution in [2.75, 3.05) is 33.9 Å². The van der Waals surface area contributed by atoms with E-state index >= 15 is 0 Å². The number of methoxy groups -OCH3 is 2. The maximum absolute atomic E-state index is 13.7. The van der Waals surface area contributed by atoms with Gasteiger partial charge in [0.25, 0.3) is 0 Å². The minimum Gasteiger partial charge on any atom is -0.465 e. The normalized spacial score (nSPS) is 30.2. The van der Waals surface area contributed by atoms with E-state index in [1.54, 1.807) is 12.0 Å². The lowest BCUT2D eigenvalue weighted by atomic mass is 9.58. The van der Waals surface area contributed by atoms with Gasteiger partial charge in [0.1, 0.15) is 6.04 Å². The number of amides is 1. The molecule has 166 valence electrons. The lowest BCUT2D eigenvalue weighted by Gasteiger charge is -2.65. The molecule has 4 atom stereocenters. The minimum absolute atomic E-state index is 0.00824. The van der Waals surface area contributed by atoms with Crippen LogP contribution in [0.5, 0.6) is 0 Å². The fourth-order valence-electron chi connectivity index (χ4n) is 5.78. The third-order valence-electron chi connectivity index (χ3n) is 7.01. The molecular weight excluding hydrogens is 420 g/mol. The quantitative estimate of drug-likeness (QED) is 0.480. The van der Waals surface area contributed by atoms with Crippen LogP contribution in [0, 0.1) is 23.7 Å². The summed E-state index contributed by atoms with van der Waals surface area (Å²) < 4.78 is 38.9. The maximum Gasteiger partial charge on any atom is 0.337 e. The van der Waals surface area contributed by atoms with Crippen molar-refractivity contribution in [3.05, 3.63) is 29.8 Å². The number of nitrogens with zero attached hydrogens (tertiary/aromatic N) is 2. The third kappa shape index (κ3) is 3.08. The second-order valence-corrected chi connectivity index (χ2v) is 10.2. The molecule has 1 spiro atoms. The highest BCUT2D eigenvalue weighted by atomic mass is 32.2. The highest BCUT2D eigenvalue weighted by molar-refractivity contribution is 7.89. The van der Waals surface area contributed by atoms with Gasteiger partial charge >= 0.3 is 5.97 Å². The average molecular weight is 447 g/mol. The molecule has 4 rings (SSSR count). The van der Waals surface area contributed by atoms with Crippen LogP contribution < -0.4 is 0 Å². The van der Waals surface area contributed by atoms with Crippen LogP contribution in [0.4, 0.5) is 0 Å². The van der Waals surface area contributed by atoms with E-state index in [1.165, 1.54) is 35.7 Å². The first-order chi connectivity index (χ1) is 14.8. The van der Waals surface area contributed by atoms with E-state index in [4.69, 9.17) is 15.9 Å². The number of sulfonamides is 1. The third-order valence-corrected chi connectivity index (χ3v) is 8.88. The first-order valence-electron chi connectivity index (χ1n) is 10.3. The number of carbonyl (C=O) groups is 2. The van der Waals surface area contributed by atoms with E-state index in [-0.39, 0.29) is 34.9 Å². The van der Waals surface area contributed by atoms with Crippen molar-refractivity contribution < 1.29 is 27.5 Å². The van der Waals surface area contributed by atoms with Gasteiger partial charge in [-0.05, 0) is 31.0 Å². The molecule has 9 heteroatoms. The van der Waals surface area contributed by atoms with Gasteiger partial charge in [-0.15, -0.1) is 6.42 Å². The summed E-state index contributed by atoms with van der Waals surface area (Å²) in [5.41, 5.74) is -0.298. The first-order valence-corrected chi connectivity index (χ1v) is 11.7. The molecule has 0 aromatic heterocycles. The van der Waals surface area contributed by atoms with Crippen molar-refractivity contribution in [2.45, 2.75) is 36.2 Å². The Hall–Kier alpha value is -2.41. The summed E-state index contributed by atoms with van der Waals surface area (Å²) in [6, 6.07) is 4.65. The van der Waals surface area contributed by atoms with Crippen LogP contribution in [0.1, 0.15) is 29.6 Å². The van der Waals surface area contributed by atoms with E-state index in [9.17, 15) is 18.0 Å². The summed E-state index contributed by atoms with van der Waals surface area (Å²) >= 11 is 0.